The Hall–Kier alpha value is -1.46. The van der Waals surface area contributed by atoms with Crippen molar-refractivity contribution in [3.63, 3.8) is 0 Å². The number of nitrogens with zero attached hydrogens (tertiary/aromatic N) is 1. The van der Waals surface area contributed by atoms with Crippen molar-refractivity contribution in [2.45, 2.75) is 26.8 Å². The second-order valence-electron chi connectivity index (χ2n) is 5.51. The molecule has 0 atom stereocenters. The number of H-pyrrole nitrogens is 1. The summed E-state index contributed by atoms with van der Waals surface area (Å²) in [6, 6.07) is 9.56. The SMILES string of the molecule is CC(C)CNCc1cc(=O)[nH]c(Cc2cccc(Br)c2)n1. The highest BCUT2D eigenvalue weighted by atomic mass is 79.9. The van der Waals surface area contributed by atoms with E-state index in [9.17, 15) is 4.79 Å². The zero-order valence-corrected chi connectivity index (χ0v) is 13.9. The fraction of sp³-hybridized carbons (Fsp3) is 0.375. The molecule has 0 amide bonds. The Balaban J connectivity index is 2.09. The van der Waals surface area contributed by atoms with Crippen LogP contribution in [0.2, 0.25) is 0 Å². The Morgan fingerprint density at radius 1 is 1.33 bits per heavy atom. The molecule has 4 nitrogen and oxygen atoms in total. The van der Waals surface area contributed by atoms with Gasteiger partial charge in [-0.15, -0.1) is 0 Å². The molecule has 1 aromatic carbocycles. The van der Waals surface area contributed by atoms with E-state index in [2.05, 4.69) is 45.1 Å². The summed E-state index contributed by atoms with van der Waals surface area (Å²) in [6.45, 7) is 5.83. The summed E-state index contributed by atoms with van der Waals surface area (Å²) in [6.07, 6.45) is 0.618. The Kier molecular flexibility index (Phi) is 5.70. The van der Waals surface area contributed by atoms with Gasteiger partial charge in [0.05, 0.1) is 5.69 Å². The number of benzene rings is 1. The Labute approximate surface area is 133 Å². The van der Waals surface area contributed by atoms with E-state index in [-0.39, 0.29) is 5.56 Å². The van der Waals surface area contributed by atoms with E-state index in [4.69, 9.17) is 0 Å². The fourth-order valence-electron chi connectivity index (χ4n) is 2.07. The van der Waals surface area contributed by atoms with Gasteiger partial charge < -0.3 is 10.3 Å². The van der Waals surface area contributed by atoms with Crippen LogP contribution in [0.25, 0.3) is 0 Å². The average Bonchev–Trinajstić information content (AvgIpc) is 2.37. The van der Waals surface area contributed by atoms with Gasteiger partial charge in [-0.05, 0) is 30.2 Å². The second-order valence-corrected chi connectivity index (χ2v) is 6.43. The van der Waals surface area contributed by atoms with Crippen LogP contribution in [-0.4, -0.2) is 16.5 Å². The summed E-state index contributed by atoms with van der Waals surface area (Å²) in [5, 5.41) is 3.31. The van der Waals surface area contributed by atoms with Crippen molar-refractivity contribution in [3.05, 3.63) is 62.2 Å². The van der Waals surface area contributed by atoms with Crippen LogP contribution in [0.1, 0.15) is 30.9 Å². The molecule has 5 heteroatoms. The van der Waals surface area contributed by atoms with Crippen molar-refractivity contribution < 1.29 is 0 Å². The van der Waals surface area contributed by atoms with E-state index >= 15 is 0 Å². The predicted octanol–water partition coefficient (Wildman–Crippen LogP) is 2.87. The third kappa shape index (κ3) is 5.44. The van der Waals surface area contributed by atoms with Gasteiger partial charge in [-0.3, -0.25) is 4.79 Å². The van der Waals surface area contributed by atoms with Crippen molar-refractivity contribution in [1.29, 1.82) is 0 Å². The Bertz CT molecular complexity index is 652. The molecule has 1 aromatic heterocycles. The first-order chi connectivity index (χ1) is 10.0. The molecular formula is C16H20BrN3O. The number of hydrogen-bond acceptors (Lipinski definition) is 3. The van der Waals surface area contributed by atoms with Crippen LogP contribution in [0, 0.1) is 5.92 Å². The minimum Gasteiger partial charge on any atom is -0.311 e. The Morgan fingerprint density at radius 3 is 2.86 bits per heavy atom. The maximum atomic E-state index is 11.7. The van der Waals surface area contributed by atoms with Crippen LogP contribution >= 0.6 is 15.9 Å². The molecule has 0 aliphatic heterocycles. The monoisotopic (exact) mass is 349 g/mol. The third-order valence-electron chi connectivity index (χ3n) is 2.96. The van der Waals surface area contributed by atoms with Crippen LogP contribution in [0.3, 0.4) is 0 Å². The molecule has 112 valence electrons. The molecule has 2 N–H and O–H groups in total. The highest BCUT2D eigenvalue weighted by Gasteiger charge is 2.04. The first-order valence-corrected chi connectivity index (χ1v) is 7.86. The van der Waals surface area contributed by atoms with Crippen molar-refractivity contribution in [1.82, 2.24) is 15.3 Å². The maximum Gasteiger partial charge on any atom is 0.251 e. The molecule has 0 bridgehead atoms. The van der Waals surface area contributed by atoms with Gasteiger partial charge in [-0.25, -0.2) is 4.98 Å². The molecule has 2 aromatic rings. The number of halogens is 1. The highest BCUT2D eigenvalue weighted by Crippen LogP contribution is 2.13. The molecule has 0 unspecified atom stereocenters. The van der Waals surface area contributed by atoms with Crippen LogP contribution in [0.4, 0.5) is 0 Å². The number of aromatic amines is 1. The molecule has 0 saturated carbocycles. The third-order valence-corrected chi connectivity index (χ3v) is 3.46. The van der Waals surface area contributed by atoms with Gasteiger partial charge in [0.2, 0.25) is 0 Å². The van der Waals surface area contributed by atoms with E-state index in [0.29, 0.717) is 24.7 Å². The van der Waals surface area contributed by atoms with Crippen molar-refractivity contribution >= 4 is 15.9 Å². The van der Waals surface area contributed by atoms with Gasteiger partial charge >= 0.3 is 0 Å². The van der Waals surface area contributed by atoms with Crippen LogP contribution in [0.15, 0.2) is 39.6 Å². The van der Waals surface area contributed by atoms with Crippen LogP contribution in [0.5, 0.6) is 0 Å². The van der Waals surface area contributed by atoms with E-state index in [1.54, 1.807) is 6.07 Å². The molecular weight excluding hydrogens is 330 g/mol. The molecule has 0 aliphatic rings. The maximum absolute atomic E-state index is 11.7. The van der Waals surface area contributed by atoms with Crippen LogP contribution < -0.4 is 10.9 Å². The van der Waals surface area contributed by atoms with E-state index in [0.717, 1.165) is 22.3 Å². The highest BCUT2D eigenvalue weighted by molar-refractivity contribution is 9.10. The number of nitrogens with one attached hydrogen (secondary N) is 2. The van der Waals surface area contributed by atoms with Gasteiger partial charge in [-0.2, -0.15) is 0 Å². The molecule has 1 heterocycles. The topological polar surface area (TPSA) is 57.8 Å². The fourth-order valence-corrected chi connectivity index (χ4v) is 2.51. The van der Waals surface area contributed by atoms with E-state index < -0.39 is 0 Å². The summed E-state index contributed by atoms with van der Waals surface area (Å²) in [5.74, 6) is 1.27. The lowest BCUT2D eigenvalue weighted by Crippen LogP contribution is -2.22. The first-order valence-electron chi connectivity index (χ1n) is 7.07. The summed E-state index contributed by atoms with van der Waals surface area (Å²) in [4.78, 5) is 19.1. The van der Waals surface area contributed by atoms with Crippen molar-refractivity contribution in [2.75, 3.05) is 6.54 Å². The summed E-state index contributed by atoms with van der Waals surface area (Å²) >= 11 is 3.45. The lowest BCUT2D eigenvalue weighted by Gasteiger charge is -2.08. The van der Waals surface area contributed by atoms with Gasteiger partial charge in [0, 0.05) is 23.5 Å². The minimum absolute atomic E-state index is 0.101. The second kappa shape index (κ2) is 7.52. The normalized spacial score (nSPS) is 11.0. The lowest BCUT2D eigenvalue weighted by molar-refractivity contribution is 0.547. The molecule has 0 aliphatic carbocycles. The summed E-state index contributed by atoms with van der Waals surface area (Å²) < 4.78 is 1.03. The molecule has 0 fully saturated rings. The predicted molar refractivity (Wildman–Crippen MR) is 88.4 cm³/mol. The number of aromatic nitrogens is 2. The van der Waals surface area contributed by atoms with Gasteiger partial charge in [0.15, 0.2) is 0 Å². The first kappa shape index (κ1) is 15.9. The molecule has 21 heavy (non-hydrogen) atoms. The quantitative estimate of drug-likeness (QED) is 0.842. The van der Waals surface area contributed by atoms with Gasteiger partial charge in [0.1, 0.15) is 5.82 Å². The standard InChI is InChI=1S/C16H20BrN3O/c1-11(2)9-18-10-14-8-16(21)20-15(19-14)7-12-4-3-5-13(17)6-12/h3-6,8,11,18H,7,9-10H2,1-2H3,(H,19,20,21). The molecule has 0 saturated heterocycles. The zero-order chi connectivity index (χ0) is 15.2. The van der Waals surface area contributed by atoms with Gasteiger partial charge in [0.25, 0.3) is 5.56 Å². The van der Waals surface area contributed by atoms with E-state index in [1.807, 2.05) is 24.3 Å². The van der Waals surface area contributed by atoms with Crippen LogP contribution in [-0.2, 0) is 13.0 Å². The minimum atomic E-state index is -0.101. The zero-order valence-electron chi connectivity index (χ0n) is 12.3. The Morgan fingerprint density at radius 2 is 2.14 bits per heavy atom. The number of hydrogen-bond donors (Lipinski definition) is 2. The molecule has 2 rings (SSSR count). The van der Waals surface area contributed by atoms with Gasteiger partial charge in [-0.1, -0.05) is 41.9 Å². The lowest BCUT2D eigenvalue weighted by atomic mass is 10.1. The number of rotatable bonds is 6. The van der Waals surface area contributed by atoms with Crippen molar-refractivity contribution in [3.8, 4) is 0 Å². The summed E-state index contributed by atoms with van der Waals surface area (Å²) in [5.41, 5.74) is 1.79. The molecule has 0 spiro atoms. The van der Waals surface area contributed by atoms with E-state index in [1.165, 1.54) is 0 Å². The molecule has 0 radical (unpaired) electrons. The van der Waals surface area contributed by atoms with Crippen molar-refractivity contribution in [2.24, 2.45) is 5.92 Å². The summed E-state index contributed by atoms with van der Waals surface area (Å²) in [7, 11) is 0. The average molecular weight is 350 g/mol. The largest absolute Gasteiger partial charge is 0.311 e. The smallest absolute Gasteiger partial charge is 0.251 e.